The Bertz CT molecular complexity index is 662. The van der Waals surface area contributed by atoms with Gasteiger partial charge in [-0.2, -0.15) is 0 Å². The molecule has 1 unspecified atom stereocenters. The van der Waals surface area contributed by atoms with Crippen molar-refractivity contribution in [1.82, 2.24) is 16.0 Å². The minimum atomic E-state index is -2.97. The second-order valence-electron chi connectivity index (χ2n) is 5.67. The Labute approximate surface area is 170 Å². The molecule has 2 heterocycles. The Morgan fingerprint density at radius 1 is 1.36 bits per heavy atom. The number of nitrogens with zero attached hydrogens (tertiary/aromatic N) is 1. The highest BCUT2D eigenvalue weighted by atomic mass is 127. The minimum absolute atomic E-state index is 0. The standard InChI is InChI=1S/C15H24N4O3S2.HI/c1-16-15(17-7-4-13-3-2-9-23-13)18-8-5-14(20)19-12-6-10-24(21,22)11-12;/h2-3,9,12H,4-8,10-11H2,1H3,(H,19,20)(H2,16,17,18);1H. The van der Waals surface area contributed by atoms with Crippen LogP contribution in [0.4, 0.5) is 0 Å². The molecule has 1 saturated heterocycles. The van der Waals surface area contributed by atoms with E-state index < -0.39 is 9.84 Å². The van der Waals surface area contributed by atoms with Gasteiger partial charge in [-0.1, -0.05) is 6.07 Å². The number of aliphatic imine (C=N–C) groups is 1. The Morgan fingerprint density at radius 2 is 2.12 bits per heavy atom. The molecule has 0 saturated carbocycles. The zero-order chi connectivity index (χ0) is 17.4. The average molecular weight is 500 g/mol. The molecule has 0 aromatic carbocycles. The van der Waals surface area contributed by atoms with Crippen molar-refractivity contribution in [2.75, 3.05) is 31.6 Å². The maximum Gasteiger partial charge on any atom is 0.222 e. The van der Waals surface area contributed by atoms with E-state index in [2.05, 4.69) is 32.4 Å². The molecule has 7 nitrogen and oxygen atoms in total. The zero-order valence-corrected chi connectivity index (χ0v) is 18.1. The summed E-state index contributed by atoms with van der Waals surface area (Å²) in [5.41, 5.74) is 0. The average Bonchev–Trinajstić information content (AvgIpc) is 3.15. The number of nitrogens with one attached hydrogen (secondary N) is 3. The van der Waals surface area contributed by atoms with Gasteiger partial charge in [-0.3, -0.25) is 9.79 Å². The topological polar surface area (TPSA) is 99.7 Å². The summed E-state index contributed by atoms with van der Waals surface area (Å²) in [6.45, 7) is 1.22. The molecule has 1 fully saturated rings. The number of carbonyl (C=O) groups is 1. The smallest absolute Gasteiger partial charge is 0.222 e. The molecule has 1 aromatic rings. The number of halogens is 1. The molecule has 1 aliphatic rings. The first-order valence-corrected chi connectivity index (χ1v) is 10.7. The van der Waals surface area contributed by atoms with Gasteiger partial charge < -0.3 is 16.0 Å². The maximum atomic E-state index is 11.8. The van der Waals surface area contributed by atoms with Crippen molar-refractivity contribution in [3.8, 4) is 0 Å². The summed E-state index contributed by atoms with van der Waals surface area (Å²) in [6, 6.07) is 3.88. The summed E-state index contributed by atoms with van der Waals surface area (Å²) in [6.07, 6.45) is 1.71. The Balaban J connectivity index is 0.00000312. The lowest BCUT2D eigenvalue weighted by atomic mass is 10.2. The number of hydrogen-bond acceptors (Lipinski definition) is 5. The van der Waals surface area contributed by atoms with Crippen LogP contribution in [0.2, 0.25) is 0 Å². The molecular formula is C15H25IN4O3S2. The molecule has 142 valence electrons. The number of amides is 1. The molecule has 10 heteroatoms. The second kappa shape index (κ2) is 11.0. The maximum absolute atomic E-state index is 11.8. The van der Waals surface area contributed by atoms with Gasteiger partial charge in [0, 0.05) is 37.5 Å². The van der Waals surface area contributed by atoms with E-state index in [-0.39, 0.29) is 53.9 Å². The van der Waals surface area contributed by atoms with Crippen molar-refractivity contribution in [3.05, 3.63) is 22.4 Å². The normalized spacial score (nSPS) is 19.1. The van der Waals surface area contributed by atoms with Crippen LogP contribution in [0.25, 0.3) is 0 Å². The summed E-state index contributed by atoms with van der Waals surface area (Å²) >= 11 is 1.72. The molecule has 0 aliphatic carbocycles. The van der Waals surface area contributed by atoms with Crippen LogP contribution in [-0.2, 0) is 21.1 Å². The monoisotopic (exact) mass is 500 g/mol. The summed E-state index contributed by atoms with van der Waals surface area (Å²) in [5.74, 6) is 0.733. The third kappa shape index (κ3) is 8.36. The van der Waals surface area contributed by atoms with Crippen LogP contribution < -0.4 is 16.0 Å². The van der Waals surface area contributed by atoms with E-state index in [0.29, 0.717) is 18.9 Å². The Kier molecular flexibility index (Phi) is 9.72. The third-order valence-electron chi connectivity index (χ3n) is 3.71. The zero-order valence-electron chi connectivity index (χ0n) is 14.2. The van der Waals surface area contributed by atoms with E-state index in [4.69, 9.17) is 0 Å². The highest BCUT2D eigenvalue weighted by Gasteiger charge is 2.28. The van der Waals surface area contributed by atoms with Crippen molar-refractivity contribution < 1.29 is 13.2 Å². The summed E-state index contributed by atoms with van der Waals surface area (Å²) < 4.78 is 22.7. The van der Waals surface area contributed by atoms with Gasteiger partial charge in [0.1, 0.15) is 0 Å². The molecule has 1 amide bonds. The number of carbonyl (C=O) groups excluding carboxylic acids is 1. The molecule has 3 N–H and O–H groups in total. The first-order chi connectivity index (χ1) is 11.5. The predicted octanol–water partition coefficient (Wildman–Crippen LogP) is 0.767. The first-order valence-electron chi connectivity index (χ1n) is 7.95. The highest BCUT2D eigenvalue weighted by Crippen LogP contribution is 2.11. The van der Waals surface area contributed by atoms with Gasteiger partial charge in [0.2, 0.25) is 5.91 Å². The fourth-order valence-corrected chi connectivity index (χ4v) is 4.86. The molecule has 0 radical (unpaired) electrons. The lowest BCUT2D eigenvalue weighted by Crippen LogP contribution is -2.41. The highest BCUT2D eigenvalue weighted by molar-refractivity contribution is 14.0. The number of guanidine groups is 1. The molecule has 0 spiro atoms. The van der Waals surface area contributed by atoms with Gasteiger partial charge in [-0.15, -0.1) is 35.3 Å². The van der Waals surface area contributed by atoms with E-state index in [1.807, 2.05) is 6.07 Å². The summed E-state index contributed by atoms with van der Waals surface area (Å²) in [5, 5.41) is 11.1. The lowest BCUT2D eigenvalue weighted by Gasteiger charge is -2.13. The van der Waals surface area contributed by atoms with Gasteiger partial charge in [0.25, 0.3) is 0 Å². The lowest BCUT2D eigenvalue weighted by molar-refractivity contribution is -0.121. The molecule has 2 rings (SSSR count). The molecule has 1 aromatic heterocycles. The summed E-state index contributed by atoms with van der Waals surface area (Å²) in [7, 11) is -1.28. The molecule has 1 atom stereocenters. The quantitative estimate of drug-likeness (QED) is 0.292. The van der Waals surface area contributed by atoms with Gasteiger partial charge >= 0.3 is 0 Å². The van der Waals surface area contributed by atoms with Gasteiger partial charge in [0.15, 0.2) is 15.8 Å². The largest absolute Gasteiger partial charge is 0.356 e. The van der Waals surface area contributed by atoms with Crippen molar-refractivity contribution in [3.63, 3.8) is 0 Å². The molecule has 25 heavy (non-hydrogen) atoms. The third-order valence-corrected chi connectivity index (χ3v) is 6.41. The van der Waals surface area contributed by atoms with E-state index in [1.165, 1.54) is 4.88 Å². The fourth-order valence-electron chi connectivity index (χ4n) is 2.48. The van der Waals surface area contributed by atoms with E-state index in [1.54, 1.807) is 18.4 Å². The number of hydrogen-bond donors (Lipinski definition) is 3. The van der Waals surface area contributed by atoms with Crippen LogP contribution >= 0.6 is 35.3 Å². The minimum Gasteiger partial charge on any atom is -0.356 e. The SMILES string of the molecule is CN=C(NCCC(=O)NC1CCS(=O)(=O)C1)NCCc1cccs1.I. The van der Waals surface area contributed by atoms with Crippen LogP contribution in [0.1, 0.15) is 17.7 Å². The van der Waals surface area contributed by atoms with Crippen LogP contribution in [0.3, 0.4) is 0 Å². The Hall–Kier alpha value is -0.880. The number of rotatable bonds is 7. The van der Waals surface area contributed by atoms with Crippen molar-refractivity contribution in [2.45, 2.75) is 25.3 Å². The number of sulfone groups is 1. The van der Waals surface area contributed by atoms with Crippen LogP contribution in [0, 0.1) is 0 Å². The molecular weight excluding hydrogens is 475 g/mol. The Morgan fingerprint density at radius 3 is 2.72 bits per heavy atom. The summed E-state index contributed by atoms with van der Waals surface area (Å²) in [4.78, 5) is 17.3. The van der Waals surface area contributed by atoms with E-state index >= 15 is 0 Å². The van der Waals surface area contributed by atoms with E-state index in [0.717, 1.165) is 13.0 Å². The van der Waals surface area contributed by atoms with E-state index in [9.17, 15) is 13.2 Å². The van der Waals surface area contributed by atoms with Crippen LogP contribution in [0.5, 0.6) is 0 Å². The van der Waals surface area contributed by atoms with Gasteiger partial charge in [0.05, 0.1) is 11.5 Å². The van der Waals surface area contributed by atoms with Crippen molar-refractivity contribution in [1.29, 1.82) is 0 Å². The van der Waals surface area contributed by atoms with Crippen LogP contribution in [-0.4, -0.2) is 58.0 Å². The first kappa shape index (κ1) is 22.2. The van der Waals surface area contributed by atoms with Crippen molar-refractivity contribution in [2.24, 2.45) is 4.99 Å². The van der Waals surface area contributed by atoms with Gasteiger partial charge in [-0.25, -0.2) is 8.42 Å². The molecule has 0 bridgehead atoms. The number of thiophene rings is 1. The van der Waals surface area contributed by atoms with Crippen molar-refractivity contribution >= 4 is 57.0 Å². The predicted molar refractivity (Wildman–Crippen MR) is 113 cm³/mol. The fraction of sp³-hybridized carbons (Fsp3) is 0.600. The van der Waals surface area contributed by atoms with Gasteiger partial charge in [-0.05, 0) is 24.3 Å². The van der Waals surface area contributed by atoms with Crippen LogP contribution in [0.15, 0.2) is 22.5 Å². The second-order valence-corrected chi connectivity index (χ2v) is 8.93. The molecule has 1 aliphatic heterocycles.